The van der Waals surface area contributed by atoms with Gasteiger partial charge in [0.15, 0.2) is 5.69 Å². The number of carboxylic acid groups (broad SMARTS) is 1. The molecule has 0 aliphatic rings. The van der Waals surface area contributed by atoms with E-state index in [-0.39, 0.29) is 11.4 Å². The Morgan fingerprint density at radius 1 is 1.47 bits per heavy atom. The molecule has 3 N–H and O–H groups in total. The molecule has 0 fully saturated rings. The number of rotatable bonds is 2. The molecule has 84 valence electrons. The fourth-order valence-corrected chi connectivity index (χ4v) is 1.44. The molecule has 0 unspecified atom stereocenters. The van der Waals surface area contributed by atoms with E-state index >= 15 is 0 Å². The summed E-state index contributed by atoms with van der Waals surface area (Å²) in [6.07, 6.45) is 1.37. The summed E-state index contributed by atoms with van der Waals surface area (Å²) in [4.78, 5) is 10.8. The van der Waals surface area contributed by atoms with Crippen molar-refractivity contribution in [1.29, 1.82) is 5.26 Å². The van der Waals surface area contributed by atoms with Gasteiger partial charge >= 0.3 is 5.97 Å². The van der Waals surface area contributed by atoms with Crippen molar-refractivity contribution in [1.82, 2.24) is 9.78 Å². The minimum Gasteiger partial charge on any atom is -0.476 e. The van der Waals surface area contributed by atoms with Crippen LogP contribution in [0.5, 0.6) is 0 Å². The van der Waals surface area contributed by atoms with Crippen molar-refractivity contribution in [3.8, 4) is 11.8 Å². The monoisotopic (exact) mass is 228 g/mol. The number of nitriles is 1. The summed E-state index contributed by atoms with van der Waals surface area (Å²) in [5, 5.41) is 21.6. The molecule has 17 heavy (non-hydrogen) atoms. The third-order valence-corrected chi connectivity index (χ3v) is 2.22. The number of carboxylic acids is 1. The Balaban J connectivity index is 2.58. The van der Waals surface area contributed by atoms with E-state index in [4.69, 9.17) is 16.1 Å². The Kier molecular flexibility index (Phi) is 2.51. The number of para-hydroxylation sites is 1. The van der Waals surface area contributed by atoms with Crippen molar-refractivity contribution in [2.45, 2.75) is 0 Å². The number of aromatic carboxylic acids is 1. The maximum Gasteiger partial charge on any atom is 0.358 e. The first-order valence-electron chi connectivity index (χ1n) is 4.71. The lowest BCUT2D eigenvalue weighted by molar-refractivity contribution is 0.0691. The van der Waals surface area contributed by atoms with Crippen molar-refractivity contribution < 1.29 is 9.90 Å². The SMILES string of the molecule is N#Cc1ccccc1-n1cc(N)c(C(=O)O)n1. The van der Waals surface area contributed by atoms with Gasteiger partial charge in [0, 0.05) is 0 Å². The van der Waals surface area contributed by atoms with Gasteiger partial charge in [0.25, 0.3) is 0 Å². The molecule has 0 radical (unpaired) electrons. The van der Waals surface area contributed by atoms with E-state index in [1.807, 2.05) is 6.07 Å². The first-order valence-corrected chi connectivity index (χ1v) is 4.71. The third-order valence-electron chi connectivity index (χ3n) is 2.22. The normalized spacial score (nSPS) is 9.82. The zero-order chi connectivity index (χ0) is 12.4. The second-order valence-electron chi connectivity index (χ2n) is 3.31. The Labute approximate surface area is 96.5 Å². The fraction of sp³-hybridized carbons (Fsp3) is 0. The standard InChI is InChI=1S/C11H8N4O2/c12-5-7-3-1-2-4-9(7)15-6-8(13)10(14-15)11(16)17/h1-4,6H,13H2,(H,16,17). The molecule has 6 heteroatoms. The zero-order valence-electron chi connectivity index (χ0n) is 8.66. The average Bonchev–Trinajstić information content (AvgIpc) is 2.71. The summed E-state index contributed by atoms with van der Waals surface area (Å²) in [5.41, 5.74) is 6.25. The highest BCUT2D eigenvalue weighted by atomic mass is 16.4. The van der Waals surface area contributed by atoms with Crippen LogP contribution in [0.4, 0.5) is 5.69 Å². The number of nitrogens with zero attached hydrogens (tertiary/aromatic N) is 3. The van der Waals surface area contributed by atoms with E-state index in [1.165, 1.54) is 10.9 Å². The molecule has 0 atom stereocenters. The van der Waals surface area contributed by atoms with Gasteiger partial charge < -0.3 is 10.8 Å². The van der Waals surface area contributed by atoms with Crippen LogP contribution in [-0.2, 0) is 0 Å². The minimum absolute atomic E-state index is 0.0604. The molecular formula is C11H8N4O2. The summed E-state index contributed by atoms with van der Waals surface area (Å²) >= 11 is 0. The van der Waals surface area contributed by atoms with E-state index in [0.717, 1.165) is 0 Å². The summed E-state index contributed by atoms with van der Waals surface area (Å²) in [5.74, 6) is -1.20. The first-order chi connectivity index (χ1) is 8.13. The number of hydrogen-bond acceptors (Lipinski definition) is 4. The van der Waals surface area contributed by atoms with E-state index < -0.39 is 5.97 Å². The number of carbonyl (C=O) groups is 1. The summed E-state index contributed by atoms with van der Waals surface area (Å²) < 4.78 is 1.29. The second kappa shape index (κ2) is 3.98. The molecule has 1 heterocycles. The van der Waals surface area contributed by atoms with Crippen molar-refractivity contribution in [3.05, 3.63) is 41.7 Å². The van der Waals surface area contributed by atoms with Crippen LogP contribution in [0.15, 0.2) is 30.5 Å². The van der Waals surface area contributed by atoms with Crippen LogP contribution in [0.25, 0.3) is 5.69 Å². The minimum atomic E-state index is -1.20. The van der Waals surface area contributed by atoms with Crippen LogP contribution in [0, 0.1) is 11.3 Å². The average molecular weight is 228 g/mol. The molecular weight excluding hydrogens is 220 g/mol. The quantitative estimate of drug-likeness (QED) is 0.798. The Hall–Kier alpha value is -2.81. The highest BCUT2D eigenvalue weighted by molar-refractivity contribution is 5.91. The Bertz CT molecular complexity index is 625. The molecule has 0 bridgehead atoms. The van der Waals surface area contributed by atoms with Gasteiger partial charge in [0.05, 0.1) is 23.1 Å². The largest absolute Gasteiger partial charge is 0.476 e. The topological polar surface area (TPSA) is 105 Å². The number of hydrogen-bond donors (Lipinski definition) is 2. The van der Waals surface area contributed by atoms with Crippen LogP contribution >= 0.6 is 0 Å². The third kappa shape index (κ3) is 1.81. The first kappa shape index (κ1) is 10.7. The van der Waals surface area contributed by atoms with Crippen molar-refractivity contribution in [2.75, 3.05) is 5.73 Å². The van der Waals surface area contributed by atoms with Gasteiger partial charge in [0.1, 0.15) is 6.07 Å². The van der Waals surface area contributed by atoms with Crippen molar-refractivity contribution in [2.24, 2.45) is 0 Å². The Morgan fingerprint density at radius 3 is 2.76 bits per heavy atom. The molecule has 2 rings (SSSR count). The van der Waals surface area contributed by atoms with E-state index in [2.05, 4.69) is 5.10 Å². The van der Waals surface area contributed by atoms with Crippen molar-refractivity contribution in [3.63, 3.8) is 0 Å². The molecule has 1 aromatic heterocycles. The maximum absolute atomic E-state index is 10.8. The number of nitrogen functional groups attached to an aromatic ring is 1. The lowest BCUT2D eigenvalue weighted by Crippen LogP contribution is -2.03. The number of benzene rings is 1. The molecule has 0 saturated carbocycles. The molecule has 1 aromatic carbocycles. The summed E-state index contributed by atoms with van der Waals surface area (Å²) in [6.45, 7) is 0. The predicted molar refractivity (Wildman–Crippen MR) is 59.7 cm³/mol. The van der Waals surface area contributed by atoms with Gasteiger partial charge in [-0.25, -0.2) is 9.48 Å². The predicted octanol–water partition coefficient (Wildman–Crippen LogP) is 1.02. The van der Waals surface area contributed by atoms with Crippen molar-refractivity contribution >= 4 is 11.7 Å². The molecule has 2 aromatic rings. The van der Waals surface area contributed by atoms with Crippen LogP contribution in [0.3, 0.4) is 0 Å². The van der Waals surface area contributed by atoms with Gasteiger partial charge in [-0.15, -0.1) is 0 Å². The number of aromatic nitrogens is 2. The Morgan fingerprint density at radius 2 is 2.18 bits per heavy atom. The lowest BCUT2D eigenvalue weighted by Gasteiger charge is -2.02. The van der Waals surface area contributed by atoms with E-state index in [0.29, 0.717) is 11.3 Å². The molecule has 0 aliphatic carbocycles. The van der Waals surface area contributed by atoms with Crippen LogP contribution in [-0.4, -0.2) is 20.9 Å². The summed E-state index contributed by atoms with van der Waals surface area (Å²) in [6, 6.07) is 8.73. The zero-order valence-corrected chi connectivity index (χ0v) is 8.66. The fourth-order valence-electron chi connectivity index (χ4n) is 1.44. The second-order valence-corrected chi connectivity index (χ2v) is 3.31. The maximum atomic E-state index is 10.8. The molecule has 0 spiro atoms. The molecule has 0 aliphatic heterocycles. The lowest BCUT2D eigenvalue weighted by atomic mass is 10.2. The number of nitrogens with two attached hydrogens (primary N) is 1. The molecule has 0 saturated heterocycles. The smallest absolute Gasteiger partial charge is 0.358 e. The van der Waals surface area contributed by atoms with Gasteiger partial charge in [0.2, 0.25) is 0 Å². The molecule has 0 amide bonds. The van der Waals surface area contributed by atoms with E-state index in [1.54, 1.807) is 24.3 Å². The van der Waals surface area contributed by atoms with Gasteiger partial charge in [-0.2, -0.15) is 10.4 Å². The van der Waals surface area contributed by atoms with Crippen LogP contribution in [0.1, 0.15) is 16.1 Å². The van der Waals surface area contributed by atoms with Crippen LogP contribution < -0.4 is 5.73 Å². The van der Waals surface area contributed by atoms with Crippen LogP contribution in [0.2, 0.25) is 0 Å². The van der Waals surface area contributed by atoms with E-state index in [9.17, 15) is 4.79 Å². The highest BCUT2D eigenvalue weighted by Crippen LogP contribution is 2.17. The van der Waals surface area contributed by atoms with Gasteiger partial charge in [-0.3, -0.25) is 0 Å². The summed E-state index contributed by atoms with van der Waals surface area (Å²) in [7, 11) is 0. The van der Waals surface area contributed by atoms with Gasteiger partial charge in [-0.1, -0.05) is 12.1 Å². The highest BCUT2D eigenvalue weighted by Gasteiger charge is 2.15. The number of anilines is 1. The van der Waals surface area contributed by atoms with Gasteiger partial charge in [-0.05, 0) is 12.1 Å². The molecule has 6 nitrogen and oxygen atoms in total.